The number of aliphatic hydroxyl groups is 1. The van der Waals surface area contributed by atoms with Crippen LogP contribution in [0.5, 0.6) is 0 Å². The number of aryl methyl sites for hydroxylation is 1. The van der Waals surface area contributed by atoms with E-state index in [1.165, 1.54) is 24.3 Å². The van der Waals surface area contributed by atoms with Gasteiger partial charge < -0.3 is 5.11 Å². The van der Waals surface area contributed by atoms with E-state index in [-0.39, 0.29) is 38.5 Å². The molecule has 17 heavy (non-hydrogen) atoms. The molecule has 0 saturated carbocycles. The second kappa shape index (κ2) is 13.3. The molecule has 0 aliphatic carbocycles. The van der Waals surface area contributed by atoms with Crippen molar-refractivity contribution in [2.24, 2.45) is 0 Å². The zero-order valence-electron chi connectivity index (χ0n) is 10.3. The largest absolute Gasteiger partial charge is 0.534 e. The number of hydrogen-bond acceptors (Lipinski definition) is 2. The van der Waals surface area contributed by atoms with Crippen molar-refractivity contribution in [1.29, 1.82) is 0 Å². The molecule has 1 N–H and O–H groups in total. The van der Waals surface area contributed by atoms with Crippen molar-refractivity contribution >= 4 is 0 Å². The van der Waals surface area contributed by atoms with Crippen molar-refractivity contribution < 1.29 is 37.8 Å². The van der Waals surface area contributed by atoms with E-state index in [2.05, 4.69) is 37.2 Å². The first-order valence-electron chi connectivity index (χ1n) is 5.20. The predicted octanol–water partition coefficient (Wildman–Crippen LogP) is 3.64. The molecular weight excluding hydrogens is 287 g/mol. The smallest absolute Gasteiger partial charge is 0.0403 e. The molecule has 0 bridgehead atoms. The van der Waals surface area contributed by atoms with Crippen LogP contribution in [0.2, 0.25) is 0 Å². The molecule has 1 aromatic rings. The summed E-state index contributed by atoms with van der Waals surface area (Å²) in [7, 11) is 0. The van der Waals surface area contributed by atoms with Crippen LogP contribution in [0.15, 0.2) is 55.5 Å². The van der Waals surface area contributed by atoms with Crippen LogP contribution in [-0.4, -0.2) is 10.1 Å². The monoisotopic (exact) mass is 305 g/mol. The Morgan fingerprint density at radius 3 is 2.53 bits per heavy atom. The molecule has 0 spiro atoms. The Morgan fingerprint density at radius 2 is 2.18 bits per heavy atom. The second-order valence-corrected chi connectivity index (χ2v) is 3.01. The number of allylic oxidation sites excluding steroid dienone is 3. The fourth-order valence-electron chi connectivity index (χ4n) is 0.966. The minimum absolute atomic E-state index is 0. The van der Waals surface area contributed by atoms with Crippen LogP contribution in [0.25, 0.3) is 0 Å². The van der Waals surface area contributed by atoms with Gasteiger partial charge in [0.05, 0.1) is 0 Å². The second-order valence-electron chi connectivity index (χ2n) is 3.01. The van der Waals surface area contributed by atoms with Gasteiger partial charge in [0.2, 0.25) is 0 Å². The molecule has 0 aliphatic rings. The van der Waals surface area contributed by atoms with Gasteiger partial charge in [0.25, 0.3) is 0 Å². The molecule has 1 aromatic heterocycles. The maximum atomic E-state index is 8.47. The molecule has 1 rings (SSSR count). The third-order valence-corrected chi connectivity index (χ3v) is 1.68. The van der Waals surface area contributed by atoms with Crippen molar-refractivity contribution in [2.45, 2.75) is 19.8 Å². The van der Waals surface area contributed by atoms with Crippen molar-refractivity contribution in [2.75, 3.05) is 0 Å². The van der Waals surface area contributed by atoms with Gasteiger partial charge in [0, 0.05) is 50.4 Å². The summed E-state index contributed by atoms with van der Waals surface area (Å²) >= 11 is 0. The quantitative estimate of drug-likeness (QED) is 0.523. The average Bonchev–Trinajstić information content (AvgIpc) is 2.32. The van der Waals surface area contributed by atoms with Gasteiger partial charge in [-0.3, -0.25) is 4.98 Å². The van der Waals surface area contributed by atoms with Crippen LogP contribution in [-0.2, 0) is 39.1 Å². The van der Waals surface area contributed by atoms with Crippen LogP contribution in [0.3, 0.4) is 0 Å². The van der Waals surface area contributed by atoms with Crippen molar-refractivity contribution in [3.63, 3.8) is 0 Å². The SMILES string of the molecule is C=C[C-]=C(O)C=C.CCCc1ccccn1.[Y]. The van der Waals surface area contributed by atoms with E-state index in [1.54, 1.807) is 0 Å². The van der Waals surface area contributed by atoms with Gasteiger partial charge >= 0.3 is 0 Å². The maximum absolute atomic E-state index is 8.47. The first-order chi connectivity index (χ1) is 7.74. The molecule has 2 nitrogen and oxygen atoms in total. The van der Waals surface area contributed by atoms with Crippen LogP contribution >= 0.6 is 0 Å². The first-order valence-corrected chi connectivity index (χ1v) is 5.20. The average molecular weight is 305 g/mol. The number of nitrogens with zero attached hydrogens (tertiary/aromatic N) is 1. The van der Waals surface area contributed by atoms with Crippen LogP contribution < -0.4 is 0 Å². The van der Waals surface area contributed by atoms with Gasteiger partial charge in [-0.2, -0.15) is 19.2 Å². The molecule has 0 amide bonds. The summed E-state index contributed by atoms with van der Waals surface area (Å²) in [5.41, 5.74) is 1.19. The molecule has 1 heterocycles. The minimum Gasteiger partial charge on any atom is -0.534 e. The third-order valence-electron chi connectivity index (χ3n) is 1.68. The van der Waals surface area contributed by atoms with Crippen LogP contribution in [0.4, 0.5) is 0 Å². The molecule has 0 unspecified atom stereocenters. The summed E-state index contributed by atoms with van der Waals surface area (Å²) in [5, 5.41) is 8.47. The van der Waals surface area contributed by atoms with Gasteiger partial charge in [-0.25, -0.2) is 0 Å². The van der Waals surface area contributed by atoms with E-state index in [9.17, 15) is 0 Å². The van der Waals surface area contributed by atoms with Gasteiger partial charge in [-0.15, -0.1) is 12.2 Å². The minimum atomic E-state index is 0. The fraction of sp³-hybridized carbons (Fsp3) is 0.214. The fourth-order valence-corrected chi connectivity index (χ4v) is 0.966. The van der Waals surface area contributed by atoms with E-state index in [4.69, 9.17) is 5.11 Å². The molecule has 89 valence electrons. The molecule has 0 aromatic carbocycles. The van der Waals surface area contributed by atoms with Gasteiger partial charge in [-0.05, 0) is 18.6 Å². The number of rotatable bonds is 4. The van der Waals surface area contributed by atoms with Crippen LogP contribution in [0.1, 0.15) is 19.0 Å². The molecule has 1 radical (unpaired) electrons. The van der Waals surface area contributed by atoms with Crippen molar-refractivity contribution in [3.8, 4) is 0 Å². The Kier molecular flexibility index (Phi) is 14.6. The zero-order chi connectivity index (χ0) is 12.2. The van der Waals surface area contributed by atoms with E-state index < -0.39 is 0 Å². The Balaban J connectivity index is 0. The molecule has 0 aliphatic heterocycles. The Labute approximate surface area is 129 Å². The summed E-state index contributed by atoms with van der Waals surface area (Å²) in [6, 6.07) is 6.03. The van der Waals surface area contributed by atoms with E-state index in [0.717, 1.165) is 6.42 Å². The van der Waals surface area contributed by atoms with Gasteiger partial charge in [-0.1, -0.05) is 19.4 Å². The standard InChI is InChI=1S/C8H11N.C6H7O.Y/c1-2-5-8-6-3-4-7-9-8;1-3-5-6(7)4-2;/h3-4,6-7H,2,5H2,1H3;3-4,7H,1-2H2;/q;-1;. The zero-order valence-corrected chi connectivity index (χ0v) is 13.1. The third kappa shape index (κ3) is 11.5. The first kappa shape index (κ1) is 18.6. The summed E-state index contributed by atoms with van der Waals surface area (Å²) in [4.78, 5) is 4.17. The Hall–Kier alpha value is -0.726. The van der Waals surface area contributed by atoms with E-state index >= 15 is 0 Å². The topological polar surface area (TPSA) is 33.1 Å². The maximum Gasteiger partial charge on any atom is 0.0403 e. The normalized spacial score (nSPS) is 9.35. The number of aromatic nitrogens is 1. The van der Waals surface area contributed by atoms with Crippen molar-refractivity contribution in [3.05, 3.63) is 67.2 Å². The number of hydrogen-bond donors (Lipinski definition) is 1. The van der Waals surface area contributed by atoms with Crippen LogP contribution in [0, 0.1) is 6.08 Å². The van der Waals surface area contributed by atoms with Gasteiger partial charge in [0.1, 0.15) is 0 Å². The summed E-state index contributed by atoms with van der Waals surface area (Å²) < 4.78 is 0. The van der Waals surface area contributed by atoms with E-state index in [1.807, 2.05) is 18.3 Å². The molecule has 0 fully saturated rings. The number of pyridine rings is 1. The molecule has 0 atom stereocenters. The Bertz CT molecular complexity index is 333. The van der Waals surface area contributed by atoms with Crippen molar-refractivity contribution in [1.82, 2.24) is 4.98 Å². The summed E-state index contributed by atoms with van der Waals surface area (Å²) in [5.74, 6) is 0.0231. The van der Waals surface area contributed by atoms with Gasteiger partial charge in [0.15, 0.2) is 0 Å². The molecule has 3 heteroatoms. The summed E-state index contributed by atoms with van der Waals surface area (Å²) in [6.45, 7) is 8.75. The molecule has 0 saturated heterocycles. The number of aliphatic hydroxyl groups excluding tert-OH is 1. The molecular formula is C14H18NOY-. The predicted molar refractivity (Wildman–Crippen MR) is 68.0 cm³/mol. The van der Waals surface area contributed by atoms with E-state index in [0.29, 0.717) is 0 Å². The summed E-state index contributed by atoms with van der Waals surface area (Å²) in [6.07, 6.45) is 9.19. The Morgan fingerprint density at radius 1 is 1.47 bits per heavy atom.